The summed E-state index contributed by atoms with van der Waals surface area (Å²) in [5.41, 5.74) is 0.437. The third-order valence-corrected chi connectivity index (χ3v) is 3.33. The second-order valence-electron chi connectivity index (χ2n) is 4.36. The maximum Gasteiger partial charge on any atom is 0.133 e. The molecule has 0 aliphatic heterocycles. The van der Waals surface area contributed by atoms with Gasteiger partial charge in [-0.1, -0.05) is 24.6 Å². The van der Waals surface area contributed by atoms with Gasteiger partial charge in [-0.15, -0.1) is 0 Å². The molecule has 0 spiro atoms. The minimum atomic E-state index is -1.23. The molecule has 108 valence electrons. The van der Waals surface area contributed by atoms with Crippen molar-refractivity contribution < 1.29 is 14.2 Å². The average Bonchev–Trinajstić information content (AvgIpc) is 2.79. The minimum absolute atomic E-state index is 0.0646. The summed E-state index contributed by atoms with van der Waals surface area (Å²) in [5.74, 6) is -0.269. The molecule has 0 saturated heterocycles. The molecule has 0 bridgehead atoms. The van der Waals surface area contributed by atoms with Crippen molar-refractivity contribution in [3.63, 3.8) is 0 Å². The van der Waals surface area contributed by atoms with Gasteiger partial charge in [0.25, 0.3) is 0 Å². The number of halogens is 2. The standard InChI is InChI=1S/C14H16ClFN2O2/c1-3-7-18-13(9(15)8-17-18)14(19)12-10(16)5-4-6-11(12)20-2/h4-6,8,14,19H,3,7H2,1-2H3. The van der Waals surface area contributed by atoms with Gasteiger partial charge in [0.1, 0.15) is 17.7 Å². The van der Waals surface area contributed by atoms with Crippen LogP contribution in [0.1, 0.15) is 30.7 Å². The Balaban J connectivity index is 2.51. The van der Waals surface area contributed by atoms with E-state index in [0.29, 0.717) is 17.3 Å². The van der Waals surface area contributed by atoms with Crippen LogP contribution in [-0.4, -0.2) is 22.0 Å². The van der Waals surface area contributed by atoms with E-state index in [2.05, 4.69) is 5.10 Å². The maximum absolute atomic E-state index is 14.0. The predicted octanol–water partition coefficient (Wildman–Crippen LogP) is 3.18. The van der Waals surface area contributed by atoms with Gasteiger partial charge in [0.05, 0.1) is 29.6 Å². The van der Waals surface area contributed by atoms with E-state index in [1.54, 1.807) is 10.7 Å². The lowest BCUT2D eigenvalue weighted by molar-refractivity contribution is 0.197. The molecule has 6 heteroatoms. The Bertz CT molecular complexity index is 601. The Labute approximate surface area is 121 Å². The topological polar surface area (TPSA) is 47.3 Å². The van der Waals surface area contributed by atoms with Crippen LogP contribution in [0.3, 0.4) is 0 Å². The lowest BCUT2D eigenvalue weighted by Crippen LogP contribution is -2.12. The first-order chi connectivity index (χ1) is 9.60. The van der Waals surface area contributed by atoms with Crippen molar-refractivity contribution in [1.82, 2.24) is 9.78 Å². The van der Waals surface area contributed by atoms with Gasteiger partial charge < -0.3 is 9.84 Å². The van der Waals surface area contributed by atoms with Crippen molar-refractivity contribution in [1.29, 1.82) is 0 Å². The molecule has 1 aromatic carbocycles. The van der Waals surface area contributed by atoms with Crippen LogP contribution in [0.25, 0.3) is 0 Å². The molecule has 0 aliphatic rings. The first-order valence-electron chi connectivity index (χ1n) is 6.31. The number of aryl methyl sites for hydroxylation is 1. The molecule has 0 fully saturated rings. The van der Waals surface area contributed by atoms with Crippen LogP contribution in [0.2, 0.25) is 5.02 Å². The zero-order valence-electron chi connectivity index (χ0n) is 11.3. The SMILES string of the molecule is CCCn1ncc(Cl)c1C(O)c1c(F)cccc1OC. The first kappa shape index (κ1) is 14.8. The van der Waals surface area contributed by atoms with Gasteiger partial charge >= 0.3 is 0 Å². The van der Waals surface area contributed by atoms with Crippen molar-refractivity contribution >= 4 is 11.6 Å². The van der Waals surface area contributed by atoms with Gasteiger partial charge in [0.2, 0.25) is 0 Å². The number of aliphatic hydroxyl groups is 1. The summed E-state index contributed by atoms with van der Waals surface area (Å²) in [4.78, 5) is 0. The van der Waals surface area contributed by atoms with Gasteiger partial charge in [-0.2, -0.15) is 5.10 Å². The number of nitrogens with zero attached hydrogens (tertiary/aromatic N) is 2. The normalized spacial score (nSPS) is 12.4. The molecule has 1 heterocycles. The summed E-state index contributed by atoms with van der Waals surface area (Å²) >= 11 is 6.07. The van der Waals surface area contributed by atoms with E-state index in [-0.39, 0.29) is 11.3 Å². The van der Waals surface area contributed by atoms with Crippen molar-refractivity contribution in [2.45, 2.75) is 26.0 Å². The number of methoxy groups -OCH3 is 1. The van der Waals surface area contributed by atoms with E-state index in [1.807, 2.05) is 6.92 Å². The molecule has 0 radical (unpaired) electrons. The number of aliphatic hydroxyl groups excluding tert-OH is 1. The highest BCUT2D eigenvalue weighted by molar-refractivity contribution is 6.31. The van der Waals surface area contributed by atoms with E-state index in [0.717, 1.165) is 6.42 Å². The minimum Gasteiger partial charge on any atom is -0.496 e. The summed E-state index contributed by atoms with van der Waals surface area (Å²) in [6.45, 7) is 2.57. The molecular weight excluding hydrogens is 283 g/mol. The van der Waals surface area contributed by atoms with Gasteiger partial charge in [-0.25, -0.2) is 4.39 Å². The highest BCUT2D eigenvalue weighted by Crippen LogP contribution is 2.35. The van der Waals surface area contributed by atoms with Gasteiger partial charge in [0.15, 0.2) is 0 Å². The molecule has 2 aromatic rings. The zero-order valence-corrected chi connectivity index (χ0v) is 12.1. The van der Waals surface area contributed by atoms with Crippen LogP contribution in [0.5, 0.6) is 5.75 Å². The Morgan fingerprint density at radius 3 is 2.90 bits per heavy atom. The molecule has 0 saturated carbocycles. The summed E-state index contributed by atoms with van der Waals surface area (Å²) in [5, 5.41) is 14.9. The number of ether oxygens (including phenoxy) is 1. The Hall–Kier alpha value is -1.59. The number of aromatic nitrogens is 2. The zero-order chi connectivity index (χ0) is 14.7. The van der Waals surface area contributed by atoms with Crippen molar-refractivity contribution in [3.8, 4) is 5.75 Å². The molecule has 1 N–H and O–H groups in total. The van der Waals surface area contributed by atoms with Crippen molar-refractivity contribution in [3.05, 3.63) is 46.5 Å². The molecular formula is C14H16ClFN2O2. The number of benzene rings is 1. The van der Waals surface area contributed by atoms with Crippen LogP contribution in [0, 0.1) is 5.82 Å². The molecule has 4 nitrogen and oxygen atoms in total. The molecule has 1 unspecified atom stereocenters. The average molecular weight is 299 g/mol. The Morgan fingerprint density at radius 2 is 2.25 bits per heavy atom. The fourth-order valence-electron chi connectivity index (χ4n) is 2.13. The molecule has 20 heavy (non-hydrogen) atoms. The summed E-state index contributed by atoms with van der Waals surface area (Å²) < 4.78 is 20.7. The first-order valence-corrected chi connectivity index (χ1v) is 6.69. The fourth-order valence-corrected chi connectivity index (χ4v) is 2.38. The van der Waals surface area contributed by atoms with Gasteiger partial charge in [0, 0.05) is 6.54 Å². The number of hydrogen-bond donors (Lipinski definition) is 1. The second kappa shape index (κ2) is 6.24. The third-order valence-electron chi connectivity index (χ3n) is 3.03. The largest absolute Gasteiger partial charge is 0.496 e. The van der Waals surface area contributed by atoms with Crippen LogP contribution in [0.15, 0.2) is 24.4 Å². The molecule has 0 amide bonds. The third kappa shape index (κ3) is 2.64. The Morgan fingerprint density at radius 1 is 1.50 bits per heavy atom. The highest BCUT2D eigenvalue weighted by Gasteiger charge is 2.25. The van der Waals surface area contributed by atoms with Crippen LogP contribution in [-0.2, 0) is 6.54 Å². The second-order valence-corrected chi connectivity index (χ2v) is 4.77. The summed E-state index contributed by atoms with van der Waals surface area (Å²) in [6, 6.07) is 4.39. The number of rotatable bonds is 5. The van der Waals surface area contributed by atoms with E-state index in [1.165, 1.54) is 25.4 Å². The lowest BCUT2D eigenvalue weighted by Gasteiger charge is -2.17. The molecule has 2 rings (SSSR count). The van der Waals surface area contributed by atoms with Gasteiger partial charge in [-0.05, 0) is 18.6 Å². The molecule has 1 aromatic heterocycles. The van der Waals surface area contributed by atoms with E-state index in [4.69, 9.17) is 16.3 Å². The smallest absolute Gasteiger partial charge is 0.133 e. The van der Waals surface area contributed by atoms with E-state index in [9.17, 15) is 9.50 Å². The lowest BCUT2D eigenvalue weighted by atomic mass is 10.0. The molecule has 1 atom stereocenters. The van der Waals surface area contributed by atoms with Crippen molar-refractivity contribution in [2.24, 2.45) is 0 Å². The number of hydrogen-bond acceptors (Lipinski definition) is 3. The summed E-state index contributed by atoms with van der Waals surface area (Å²) in [7, 11) is 1.43. The fraction of sp³-hybridized carbons (Fsp3) is 0.357. The van der Waals surface area contributed by atoms with E-state index < -0.39 is 11.9 Å². The van der Waals surface area contributed by atoms with Crippen LogP contribution in [0.4, 0.5) is 4.39 Å². The highest BCUT2D eigenvalue weighted by atomic mass is 35.5. The predicted molar refractivity (Wildman–Crippen MR) is 74.5 cm³/mol. The maximum atomic E-state index is 14.0. The molecule has 0 aliphatic carbocycles. The quantitative estimate of drug-likeness (QED) is 0.922. The van der Waals surface area contributed by atoms with Crippen molar-refractivity contribution in [2.75, 3.05) is 7.11 Å². The van der Waals surface area contributed by atoms with Crippen LogP contribution < -0.4 is 4.74 Å². The monoisotopic (exact) mass is 298 g/mol. The van der Waals surface area contributed by atoms with E-state index >= 15 is 0 Å². The van der Waals surface area contributed by atoms with Crippen LogP contribution >= 0.6 is 11.6 Å². The summed E-state index contributed by atoms with van der Waals surface area (Å²) in [6.07, 6.45) is 1.04. The van der Waals surface area contributed by atoms with Gasteiger partial charge in [-0.3, -0.25) is 4.68 Å². The Kier molecular flexibility index (Phi) is 4.62.